The summed E-state index contributed by atoms with van der Waals surface area (Å²) in [7, 11) is 0. The van der Waals surface area contributed by atoms with Crippen LogP contribution in [0.5, 0.6) is 5.75 Å². The first-order valence-electron chi connectivity index (χ1n) is 9.40. The van der Waals surface area contributed by atoms with Crippen LogP contribution in [0.15, 0.2) is 52.0 Å². The highest BCUT2D eigenvalue weighted by Crippen LogP contribution is 2.23. The summed E-state index contributed by atoms with van der Waals surface area (Å²) in [6, 6.07) is 11.8. The molecule has 0 unspecified atom stereocenters. The molecule has 2 rings (SSSR count). The molecule has 1 atom stereocenters. The summed E-state index contributed by atoms with van der Waals surface area (Å²) in [5, 5.41) is 9.42. The maximum Gasteiger partial charge on any atom is 0.329 e. The van der Waals surface area contributed by atoms with Crippen LogP contribution < -0.4 is 20.8 Å². The first-order chi connectivity index (χ1) is 14.8. The van der Waals surface area contributed by atoms with E-state index in [0.29, 0.717) is 28.4 Å². The van der Waals surface area contributed by atoms with Crippen LogP contribution in [0.1, 0.15) is 25.8 Å². The lowest BCUT2D eigenvalue weighted by molar-refractivity contribution is -0.139. The van der Waals surface area contributed by atoms with Gasteiger partial charge in [-0.05, 0) is 43.7 Å². The van der Waals surface area contributed by atoms with Gasteiger partial charge >= 0.3 is 11.8 Å². The number of nitrogens with one attached hydrogen (secondary N) is 3. The molecule has 0 aliphatic heterocycles. The van der Waals surface area contributed by atoms with Crippen LogP contribution in [0.4, 0.5) is 5.69 Å². The van der Waals surface area contributed by atoms with Crippen molar-refractivity contribution < 1.29 is 19.1 Å². The third kappa shape index (κ3) is 8.03. The van der Waals surface area contributed by atoms with Gasteiger partial charge in [0, 0.05) is 16.1 Å². The van der Waals surface area contributed by atoms with Gasteiger partial charge in [0.1, 0.15) is 5.75 Å². The summed E-state index contributed by atoms with van der Waals surface area (Å²) < 4.78 is 6.32. The third-order valence-electron chi connectivity index (χ3n) is 4.04. The molecule has 0 fully saturated rings. The van der Waals surface area contributed by atoms with Crippen LogP contribution in [0.25, 0.3) is 0 Å². The molecule has 2 aromatic carbocycles. The number of rotatable bonds is 8. The number of amides is 3. The number of halogens is 2. The van der Waals surface area contributed by atoms with Gasteiger partial charge in [0.05, 0.1) is 16.9 Å². The third-order valence-corrected chi connectivity index (χ3v) is 4.87. The van der Waals surface area contributed by atoms with Gasteiger partial charge < -0.3 is 15.4 Å². The largest absolute Gasteiger partial charge is 0.483 e. The number of benzene rings is 2. The smallest absolute Gasteiger partial charge is 0.329 e. The Morgan fingerprint density at radius 3 is 2.65 bits per heavy atom. The fourth-order valence-corrected chi connectivity index (χ4v) is 2.81. The summed E-state index contributed by atoms with van der Waals surface area (Å²) in [6.45, 7) is 3.42. The van der Waals surface area contributed by atoms with E-state index < -0.39 is 17.7 Å². The number of carbonyl (C=O) groups excluding carboxylic acids is 3. The maximum absolute atomic E-state index is 12.2. The Morgan fingerprint density at radius 2 is 1.94 bits per heavy atom. The van der Waals surface area contributed by atoms with Gasteiger partial charge in [0.2, 0.25) is 0 Å². The predicted molar refractivity (Wildman–Crippen MR) is 123 cm³/mol. The average Bonchev–Trinajstić information content (AvgIpc) is 2.74. The van der Waals surface area contributed by atoms with Crippen molar-refractivity contribution >= 4 is 57.2 Å². The molecule has 8 nitrogen and oxygen atoms in total. The highest BCUT2D eigenvalue weighted by atomic mass is 79.9. The van der Waals surface area contributed by atoms with Crippen molar-refractivity contribution in [3.63, 3.8) is 0 Å². The lowest BCUT2D eigenvalue weighted by atomic mass is 10.2. The number of nitrogens with zero attached hydrogens (tertiary/aromatic N) is 1. The minimum atomic E-state index is -0.881. The molecule has 0 radical (unpaired) electrons. The fourth-order valence-electron chi connectivity index (χ4n) is 2.25. The Balaban J connectivity index is 1.98. The van der Waals surface area contributed by atoms with E-state index in [1.165, 1.54) is 6.21 Å². The zero-order valence-corrected chi connectivity index (χ0v) is 19.3. The second-order valence-electron chi connectivity index (χ2n) is 6.48. The van der Waals surface area contributed by atoms with E-state index in [0.717, 1.165) is 4.47 Å². The molecule has 0 spiro atoms. The molecule has 164 valence electrons. The van der Waals surface area contributed by atoms with E-state index >= 15 is 0 Å². The van der Waals surface area contributed by atoms with Crippen molar-refractivity contribution in [2.75, 3.05) is 11.9 Å². The highest BCUT2D eigenvalue weighted by Gasteiger charge is 2.14. The van der Waals surface area contributed by atoms with E-state index in [9.17, 15) is 14.4 Å². The SMILES string of the molecule is CC[C@H](C)NC(=O)C(=O)N/N=C\c1cc(Br)ccc1OCC(=O)Nc1ccccc1Cl. The summed E-state index contributed by atoms with van der Waals surface area (Å²) in [5.41, 5.74) is 3.13. The summed E-state index contributed by atoms with van der Waals surface area (Å²) in [5.74, 6) is -1.69. The van der Waals surface area contributed by atoms with Crippen LogP contribution in [0.2, 0.25) is 5.02 Å². The summed E-state index contributed by atoms with van der Waals surface area (Å²) in [6.07, 6.45) is 2.02. The molecule has 0 heterocycles. The van der Waals surface area contributed by atoms with Gasteiger partial charge in [0.15, 0.2) is 6.61 Å². The molecule has 10 heteroatoms. The Kier molecular flexibility index (Phi) is 9.48. The first-order valence-corrected chi connectivity index (χ1v) is 10.6. The molecule has 0 saturated carbocycles. The fraction of sp³-hybridized carbons (Fsp3) is 0.238. The van der Waals surface area contributed by atoms with E-state index in [-0.39, 0.29) is 12.6 Å². The molecular formula is C21H22BrClN4O4. The molecule has 2 aromatic rings. The number of hydrogen-bond acceptors (Lipinski definition) is 5. The van der Waals surface area contributed by atoms with Gasteiger partial charge in [-0.1, -0.05) is 46.6 Å². The first kappa shape index (κ1) is 24.4. The topological polar surface area (TPSA) is 109 Å². The average molecular weight is 510 g/mol. The minimum absolute atomic E-state index is 0.121. The Labute approximate surface area is 193 Å². The van der Waals surface area contributed by atoms with Gasteiger partial charge in [-0.2, -0.15) is 5.10 Å². The Morgan fingerprint density at radius 1 is 1.19 bits per heavy atom. The van der Waals surface area contributed by atoms with Crippen LogP contribution in [0, 0.1) is 0 Å². The van der Waals surface area contributed by atoms with E-state index in [1.807, 2.05) is 6.92 Å². The highest BCUT2D eigenvalue weighted by molar-refractivity contribution is 9.10. The van der Waals surface area contributed by atoms with Crippen LogP contribution in [-0.2, 0) is 14.4 Å². The van der Waals surface area contributed by atoms with Gasteiger partial charge in [-0.3, -0.25) is 14.4 Å². The molecule has 0 aliphatic carbocycles. The predicted octanol–water partition coefficient (Wildman–Crippen LogP) is 3.48. The Bertz CT molecular complexity index is 984. The number of para-hydroxylation sites is 1. The van der Waals surface area contributed by atoms with Crippen molar-refractivity contribution in [3.05, 3.63) is 57.5 Å². The van der Waals surface area contributed by atoms with Crippen molar-refractivity contribution in [1.82, 2.24) is 10.7 Å². The molecule has 0 aliphatic rings. The maximum atomic E-state index is 12.2. The lowest BCUT2D eigenvalue weighted by Gasteiger charge is -2.11. The second kappa shape index (κ2) is 12.1. The number of hydrazone groups is 1. The molecule has 0 aromatic heterocycles. The van der Waals surface area contributed by atoms with Crippen LogP contribution >= 0.6 is 27.5 Å². The Hall–Kier alpha value is -2.91. The van der Waals surface area contributed by atoms with Crippen molar-refractivity contribution in [3.8, 4) is 5.75 Å². The van der Waals surface area contributed by atoms with Gasteiger partial charge in [0.25, 0.3) is 5.91 Å². The van der Waals surface area contributed by atoms with E-state index in [2.05, 4.69) is 37.1 Å². The zero-order chi connectivity index (χ0) is 22.8. The van der Waals surface area contributed by atoms with Crippen molar-refractivity contribution in [1.29, 1.82) is 0 Å². The number of anilines is 1. The summed E-state index contributed by atoms with van der Waals surface area (Å²) >= 11 is 9.37. The van der Waals surface area contributed by atoms with Crippen molar-refractivity contribution in [2.24, 2.45) is 5.10 Å². The van der Waals surface area contributed by atoms with Crippen molar-refractivity contribution in [2.45, 2.75) is 26.3 Å². The molecule has 31 heavy (non-hydrogen) atoms. The number of hydrogen-bond donors (Lipinski definition) is 3. The number of carbonyl (C=O) groups is 3. The quantitative estimate of drug-likeness (QED) is 0.287. The van der Waals surface area contributed by atoms with Crippen LogP contribution in [-0.4, -0.2) is 36.6 Å². The molecule has 3 N–H and O–H groups in total. The second-order valence-corrected chi connectivity index (χ2v) is 7.80. The zero-order valence-electron chi connectivity index (χ0n) is 16.9. The van der Waals surface area contributed by atoms with E-state index in [4.69, 9.17) is 16.3 Å². The van der Waals surface area contributed by atoms with E-state index in [1.54, 1.807) is 49.4 Å². The van der Waals surface area contributed by atoms with Gasteiger partial charge in [-0.15, -0.1) is 0 Å². The molecule has 3 amide bonds. The minimum Gasteiger partial charge on any atom is -0.483 e. The molecule has 0 bridgehead atoms. The normalized spacial score (nSPS) is 11.6. The lowest BCUT2D eigenvalue weighted by Crippen LogP contribution is -2.41. The number of ether oxygens (including phenoxy) is 1. The monoisotopic (exact) mass is 508 g/mol. The molecule has 0 saturated heterocycles. The van der Waals surface area contributed by atoms with Crippen LogP contribution in [0.3, 0.4) is 0 Å². The summed E-state index contributed by atoms with van der Waals surface area (Å²) in [4.78, 5) is 35.7. The molecular weight excluding hydrogens is 488 g/mol. The standard InChI is InChI=1S/C21H22BrClN4O4/c1-3-13(2)25-20(29)21(30)27-24-11-14-10-15(22)8-9-18(14)31-12-19(28)26-17-7-5-4-6-16(17)23/h4-11,13H,3,12H2,1-2H3,(H,25,29)(H,26,28)(H,27,30)/b24-11-/t13-/m0/s1. The van der Waals surface area contributed by atoms with Gasteiger partial charge in [-0.25, -0.2) is 5.43 Å².